The summed E-state index contributed by atoms with van der Waals surface area (Å²) in [7, 11) is 0. The Bertz CT molecular complexity index is 1000. The average molecular weight is 476 g/mol. The summed E-state index contributed by atoms with van der Waals surface area (Å²) in [6, 6.07) is 8.45. The van der Waals surface area contributed by atoms with Crippen molar-refractivity contribution in [3.63, 3.8) is 0 Å². The maximum atomic E-state index is 12.4. The van der Waals surface area contributed by atoms with Crippen LogP contribution < -0.4 is 0 Å². The van der Waals surface area contributed by atoms with Crippen LogP contribution in [0.15, 0.2) is 53.8 Å². The van der Waals surface area contributed by atoms with Crippen molar-refractivity contribution >= 4 is 11.9 Å². The molecule has 11 heteroatoms. The van der Waals surface area contributed by atoms with E-state index in [9.17, 15) is 30.0 Å². The molecule has 2 saturated heterocycles. The monoisotopic (exact) mass is 476 g/mol. The summed E-state index contributed by atoms with van der Waals surface area (Å²) in [5.74, 6) is -2.13. The van der Waals surface area contributed by atoms with Crippen molar-refractivity contribution in [2.75, 3.05) is 13.2 Å². The molecule has 0 bridgehead atoms. The van der Waals surface area contributed by atoms with E-state index in [0.29, 0.717) is 16.7 Å². The van der Waals surface area contributed by atoms with E-state index in [1.807, 2.05) is 0 Å². The zero-order valence-electron chi connectivity index (χ0n) is 17.8. The number of carbonyl (C=O) groups is 2. The predicted molar refractivity (Wildman–Crippen MR) is 109 cm³/mol. The highest BCUT2D eigenvalue weighted by Crippen LogP contribution is 2.49. The number of aliphatic hydroxyl groups is 4. The molecule has 3 heterocycles. The summed E-state index contributed by atoms with van der Waals surface area (Å²) in [5, 5.41) is 39.8. The quantitative estimate of drug-likeness (QED) is 0.294. The van der Waals surface area contributed by atoms with Crippen LogP contribution in [0.2, 0.25) is 0 Å². The van der Waals surface area contributed by atoms with Gasteiger partial charge in [0.15, 0.2) is 6.29 Å². The SMILES string of the molecule is O=C1O[C@H]2C=C(COC(=O)c3ccccc3)[C@H]3[C@H](O[C@@H]4O[C@H](CO)[C@@H](O)[C@H](O)[C@H]4O)OC=C1[C@H]32. The number of ether oxygens (including phenoxy) is 5. The van der Waals surface area contributed by atoms with Crippen molar-refractivity contribution in [1.29, 1.82) is 0 Å². The van der Waals surface area contributed by atoms with Crippen LogP contribution in [0.5, 0.6) is 0 Å². The molecule has 0 amide bonds. The lowest BCUT2D eigenvalue weighted by atomic mass is 9.84. The van der Waals surface area contributed by atoms with Crippen LogP contribution in [0.1, 0.15) is 10.4 Å². The molecule has 0 radical (unpaired) electrons. The summed E-state index contributed by atoms with van der Waals surface area (Å²) in [4.78, 5) is 24.6. The van der Waals surface area contributed by atoms with E-state index in [2.05, 4.69) is 0 Å². The van der Waals surface area contributed by atoms with Gasteiger partial charge < -0.3 is 44.1 Å². The summed E-state index contributed by atoms with van der Waals surface area (Å²) in [6.45, 7) is -0.731. The fourth-order valence-corrected chi connectivity index (χ4v) is 4.74. The topological polar surface area (TPSA) is 161 Å². The molecule has 9 atom stereocenters. The van der Waals surface area contributed by atoms with E-state index in [1.165, 1.54) is 6.26 Å². The molecule has 0 spiro atoms. The molecule has 34 heavy (non-hydrogen) atoms. The van der Waals surface area contributed by atoms with Gasteiger partial charge in [-0.3, -0.25) is 0 Å². The summed E-state index contributed by atoms with van der Waals surface area (Å²) in [6.07, 6.45) is -6.18. The molecule has 0 saturated carbocycles. The van der Waals surface area contributed by atoms with Gasteiger partial charge in [-0.25, -0.2) is 9.59 Å². The number of esters is 2. The van der Waals surface area contributed by atoms with Gasteiger partial charge in [-0.1, -0.05) is 18.2 Å². The fraction of sp³-hybridized carbons (Fsp3) is 0.478. The van der Waals surface area contributed by atoms with Gasteiger partial charge in [-0.05, 0) is 23.8 Å². The van der Waals surface area contributed by atoms with Gasteiger partial charge in [0.1, 0.15) is 37.1 Å². The average Bonchev–Trinajstić information content (AvgIpc) is 3.37. The smallest absolute Gasteiger partial charge is 0.338 e. The minimum atomic E-state index is -1.63. The zero-order valence-corrected chi connectivity index (χ0v) is 17.8. The van der Waals surface area contributed by atoms with Crippen molar-refractivity contribution in [1.82, 2.24) is 0 Å². The van der Waals surface area contributed by atoms with Crippen molar-refractivity contribution < 1.29 is 53.7 Å². The van der Waals surface area contributed by atoms with Gasteiger partial charge in [-0.15, -0.1) is 0 Å². The predicted octanol–water partition coefficient (Wildman–Crippen LogP) is -1.00. The first kappa shape index (κ1) is 23.0. The van der Waals surface area contributed by atoms with Gasteiger partial charge in [0.2, 0.25) is 6.29 Å². The Hall–Kier alpha value is -2.80. The van der Waals surface area contributed by atoms with Gasteiger partial charge in [0, 0.05) is 5.92 Å². The van der Waals surface area contributed by atoms with Crippen molar-refractivity contribution in [3.05, 3.63) is 59.4 Å². The van der Waals surface area contributed by atoms with Crippen LogP contribution in [0.3, 0.4) is 0 Å². The molecule has 1 aromatic carbocycles. The maximum Gasteiger partial charge on any atom is 0.338 e. The third-order valence-corrected chi connectivity index (χ3v) is 6.50. The van der Waals surface area contributed by atoms with Crippen LogP contribution in [0, 0.1) is 11.8 Å². The summed E-state index contributed by atoms with van der Waals surface area (Å²) in [5.41, 5.74) is 1.28. The summed E-state index contributed by atoms with van der Waals surface area (Å²) < 4.78 is 27.7. The molecule has 1 aliphatic carbocycles. The van der Waals surface area contributed by atoms with Crippen LogP contribution in [0.25, 0.3) is 0 Å². The maximum absolute atomic E-state index is 12.4. The van der Waals surface area contributed by atoms with Gasteiger partial charge in [-0.2, -0.15) is 0 Å². The van der Waals surface area contributed by atoms with E-state index in [0.717, 1.165) is 0 Å². The van der Waals surface area contributed by atoms with E-state index in [4.69, 9.17) is 23.7 Å². The molecule has 4 aliphatic rings. The Labute approximate surface area is 193 Å². The molecule has 1 aromatic rings. The lowest BCUT2D eigenvalue weighted by molar-refractivity contribution is -0.339. The molecule has 3 aliphatic heterocycles. The Balaban J connectivity index is 1.34. The normalized spacial score (nSPS) is 38.4. The number of benzene rings is 1. The Morgan fingerprint density at radius 1 is 1.00 bits per heavy atom. The van der Waals surface area contributed by atoms with Crippen molar-refractivity contribution in [2.24, 2.45) is 11.8 Å². The number of aliphatic hydroxyl groups excluding tert-OH is 4. The number of carbonyl (C=O) groups excluding carboxylic acids is 2. The van der Waals surface area contributed by atoms with E-state index in [-0.39, 0.29) is 6.61 Å². The molecule has 4 N–H and O–H groups in total. The first-order valence-electron chi connectivity index (χ1n) is 10.8. The second kappa shape index (κ2) is 9.10. The first-order valence-corrected chi connectivity index (χ1v) is 10.8. The minimum absolute atomic E-state index is 0.117. The van der Waals surface area contributed by atoms with Crippen LogP contribution in [-0.4, -0.2) is 88.7 Å². The number of hydrogen-bond donors (Lipinski definition) is 4. The third-order valence-electron chi connectivity index (χ3n) is 6.50. The Morgan fingerprint density at radius 2 is 1.76 bits per heavy atom. The minimum Gasteiger partial charge on any atom is -0.471 e. The molecule has 11 nitrogen and oxygen atoms in total. The molecule has 2 fully saturated rings. The largest absolute Gasteiger partial charge is 0.471 e. The van der Waals surface area contributed by atoms with E-state index < -0.39 is 73.5 Å². The molecule has 5 rings (SSSR count). The molecule has 0 aromatic heterocycles. The second-order valence-corrected chi connectivity index (χ2v) is 8.52. The zero-order chi connectivity index (χ0) is 24.0. The molecular formula is C23H24O11. The highest BCUT2D eigenvalue weighted by atomic mass is 16.8. The Kier molecular flexibility index (Phi) is 6.15. The Morgan fingerprint density at radius 3 is 2.50 bits per heavy atom. The van der Waals surface area contributed by atoms with Gasteiger partial charge in [0.25, 0.3) is 0 Å². The first-order chi connectivity index (χ1) is 16.4. The third kappa shape index (κ3) is 3.90. The van der Waals surface area contributed by atoms with Gasteiger partial charge in [0.05, 0.1) is 29.9 Å². The highest BCUT2D eigenvalue weighted by Gasteiger charge is 2.56. The van der Waals surface area contributed by atoms with E-state index in [1.54, 1.807) is 36.4 Å². The van der Waals surface area contributed by atoms with Crippen LogP contribution >= 0.6 is 0 Å². The van der Waals surface area contributed by atoms with Crippen molar-refractivity contribution in [2.45, 2.75) is 43.1 Å². The number of rotatable bonds is 6. The summed E-state index contributed by atoms with van der Waals surface area (Å²) >= 11 is 0. The lowest BCUT2D eigenvalue weighted by Gasteiger charge is -2.42. The molecular weight excluding hydrogens is 452 g/mol. The lowest BCUT2D eigenvalue weighted by Crippen LogP contribution is -2.60. The van der Waals surface area contributed by atoms with Crippen LogP contribution in [-0.2, 0) is 28.5 Å². The number of hydrogen-bond acceptors (Lipinski definition) is 11. The van der Waals surface area contributed by atoms with Gasteiger partial charge >= 0.3 is 11.9 Å². The van der Waals surface area contributed by atoms with Crippen molar-refractivity contribution in [3.8, 4) is 0 Å². The fourth-order valence-electron chi connectivity index (χ4n) is 4.74. The standard InChI is InChI=1S/C23H24O11/c24-7-14-17(25)18(26)19(27)23(33-14)34-22-15-11(8-30-20(28)10-4-2-1-3-5-10)6-13-16(15)12(9-31-22)21(29)32-13/h1-6,9,13-19,22-27H,7-8H2/t13-,14+,15+,16-,17+,18-,19+,22-,23-/m0/s1. The molecule has 0 unspecified atom stereocenters. The second-order valence-electron chi connectivity index (χ2n) is 8.52. The van der Waals surface area contributed by atoms with Crippen LogP contribution in [0.4, 0.5) is 0 Å². The van der Waals surface area contributed by atoms with E-state index >= 15 is 0 Å². The highest BCUT2D eigenvalue weighted by molar-refractivity contribution is 5.92. The molecule has 182 valence electrons.